The molecule has 4 rings (SSSR count). The molecule has 2 N–H and O–H groups in total. The molecule has 1 aromatic rings. The van der Waals surface area contributed by atoms with Crippen LogP contribution in [0, 0.1) is 23.7 Å². The Balaban J connectivity index is 1.53. The molecule has 6 nitrogen and oxygen atoms in total. The van der Waals surface area contributed by atoms with E-state index in [4.69, 9.17) is 4.74 Å². The van der Waals surface area contributed by atoms with E-state index in [9.17, 15) is 13.2 Å². The van der Waals surface area contributed by atoms with Crippen molar-refractivity contribution in [2.24, 2.45) is 23.7 Å². The van der Waals surface area contributed by atoms with Gasteiger partial charge in [-0.1, -0.05) is 6.42 Å². The molecule has 0 radical (unpaired) electrons. The number of amides is 1. The summed E-state index contributed by atoms with van der Waals surface area (Å²) in [4.78, 5) is 12.9. The van der Waals surface area contributed by atoms with E-state index in [0.717, 1.165) is 24.2 Å². The van der Waals surface area contributed by atoms with E-state index >= 15 is 0 Å². The van der Waals surface area contributed by atoms with Gasteiger partial charge in [-0.15, -0.1) is 0 Å². The topological polar surface area (TPSA) is 84.5 Å². The molecule has 1 aromatic carbocycles. The molecule has 28 heavy (non-hydrogen) atoms. The summed E-state index contributed by atoms with van der Waals surface area (Å²) >= 11 is 0. The number of nitrogens with one attached hydrogen (secondary N) is 2. The molecular weight excluding hydrogens is 376 g/mol. The Kier molecular flexibility index (Phi) is 5.16. The lowest BCUT2D eigenvalue weighted by atomic mass is 9.79. The van der Waals surface area contributed by atoms with Gasteiger partial charge in [0.15, 0.2) is 0 Å². The number of hydrogen-bond donors (Lipinski definition) is 2. The fourth-order valence-electron chi connectivity index (χ4n) is 5.89. The average Bonchev–Trinajstić information content (AvgIpc) is 3.33. The quantitative estimate of drug-likeness (QED) is 0.761. The lowest BCUT2D eigenvalue weighted by Gasteiger charge is -2.32. The summed E-state index contributed by atoms with van der Waals surface area (Å²) in [6, 6.07) is 4.57. The number of fused-ring (bicyclic) bond motifs is 5. The van der Waals surface area contributed by atoms with Gasteiger partial charge >= 0.3 is 0 Å². The number of benzene rings is 1. The predicted molar refractivity (Wildman–Crippen MR) is 107 cm³/mol. The lowest BCUT2D eigenvalue weighted by molar-refractivity contribution is 0.0901. The second-order valence-electron chi connectivity index (χ2n) is 8.88. The first-order valence-electron chi connectivity index (χ1n) is 10.3. The monoisotopic (exact) mass is 406 g/mol. The van der Waals surface area contributed by atoms with Crippen LogP contribution >= 0.6 is 0 Å². The largest absolute Gasteiger partial charge is 0.495 e. The van der Waals surface area contributed by atoms with Crippen molar-refractivity contribution in [1.82, 2.24) is 10.0 Å². The molecule has 0 heterocycles. The molecule has 0 unspecified atom stereocenters. The van der Waals surface area contributed by atoms with Crippen molar-refractivity contribution in [2.45, 2.75) is 62.9 Å². The van der Waals surface area contributed by atoms with E-state index in [-0.39, 0.29) is 28.6 Å². The Labute approximate surface area is 167 Å². The third kappa shape index (κ3) is 3.43. The molecule has 0 aromatic heterocycles. The minimum absolute atomic E-state index is 0.000138. The van der Waals surface area contributed by atoms with Crippen molar-refractivity contribution < 1.29 is 17.9 Å². The third-order valence-corrected chi connectivity index (χ3v) is 8.53. The predicted octanol–water partition coefficient (Wildman–Crippen LogP) is 2.94. The van der Waals surface area contributed by atoms with Crippen molar-refractivity contribution in [3.63, 3.8) is 0 Å². The molecule has 3 aliphatic carbocycles. The highest BCUT2D eigenvalue weighted by atomic mass is 32.2. The Morgan fingerprint density at radius 3 is 2.61 bits per heavy atom. The Hall–Kier alpha value is -1.60. The van der Waals surface area contributed by atoms with E-state index < -0.39 is 10.0 Å². The van der Waals surface area contributed by atoms with Crippen LogP contribution in [-0.2, 0) is 10.0 Å². The molecule has 3 aliphatic rings. The number of sulfonamides is 1. The van der Waals surface area contributed by atoms with Crippen molar-refractivity contribution in [3.05, 3.63) is 23.8 Å². The van der Waals surface area contributed by atoms with Gasteiger partial charge in [0.2, 0.25) is 10.0 Å². The maximum absolute atomic E-state index is 12.9. The van der Waals surface area contributed by atoms with E-state index in [2.05, 4.69) is 10.0 Å². The molecule has 5 atom stereocenters. The van der Waals surface area contributed by atoms with Crippen LogP contribution in [0.25, 0.3) is 0 Å². The zero-order valence-corrected chi connectivity index (χ0v) is 17.6. The Morgan fingerprint density at radius 2 is 1.89 bits per heavy atom. The van der Waals surface area contributed by atoms with Gasteiger partial charge in [-0.2, -0.15) is 0 Å². The smallest absolute Gasteiger partial charge is 0.251 e. The zero-order valence-electron chi connectivity index (χ0n) is 16.8. The van der Waals surface area contributed by atoms with Crippen LogP contribution in [0.15, 0.2) is 23.1 Å². The van der Waals surface area contributed by atoms with Gasteiger partial charge in [0.05, 0.1) is 7.11 Å². The van der Waals surface area contributed by atoms with E-state index in [1.165, 1.54) is 38.9 Å². The number of hydrogen-bond acceptors (Lipinski definition) is 4. The number of methoxy groups -OCH3 is 1. The molecule has 0 aliphatic heterocycles. The zero-order chi connectivity index (χ0) is 20.1. The van der Waals surface area contributed by atoms with Gasteiger partial charge in [-0.3, -0.25) is 4.79 Å². The molecule has 154 valence electrons. The summed E-state index contributed by atoms with van der Waals surface area (Å²) in [6.07, 6.45) is 6.28. The second kappa shape index (κ2) is 7.34. The first kappa shape index (κ1) is 19.7. The molecule has 1 amide bonds. The van der Waals surface area contributed by atoms with Crippen LogP contribution in [0.2, 0.25) is 0 Å². The van der Waals surface area contributed by atoms with Crippen LogP contribution in [0.4, 0.5) is 0 Å². The molecular formula is C21H30N2O4S. The summed E-state index contributed by atoms with van der Waals surface area (Å²) in [5.41, 5.74) is 0.357. The third-order valence-electron chi connectivity index (χ3n) is 6.85. The van der Waals surface area contributed by atoms with Crippen molar-refractivity contribution in [3.8, 4) is 5.75 Å². The highest BCUT2D eigenvalue weighted by Crippen LogP contribution is 2.58. The fraction of sp³-hybridized carbons (Fsp3) is 0.667. The van der Waals surface area contributed by atoms with E-state index in [1.54, 1.807) is 26.0 Å². The van der Waals surface area contributed by atoms with Gasteiger partial charge in [0, 0.05) is 17.6 Å². The SMILES string of the molecule is COc1ccc(C(=O)N[C@@H]2C[C@H]3C[C@H]2[C@@H]2CCC[C@H]32)cc1S(=O)(=O)NC(C)C. The van der Waals surface area contributed by atoms with Crippen LogP contribution in [0.1, 0.15) is 56.3 Å². The summed E-state index contributed by atoms with van der Waals surface area (Å²) in [5.74, 6) is 3.02. The number of carbonyl (C=O) groups is 1. The molecule has 0 saturated heterocycles. The number of rotatable bonds is 6. The molecule has 0 spiro atoms. The lowest BCUT2D eigenvalue weighted by Crippen LogP contribution is -2.42. The van der Waals surface area contributed by atoms with Gasteiger partial charge in [-0.05, 0) is 81.4 Å². The summed E-state index contributed by atoms with van der Waals surface area (Å²) in [7, 11) is -2.33. The highest BCUT2D eigenvalue weighted by Gasteiger charge is 2.54. The highest BCUT2D eigenvalue weighted by molar-refractivity contribution is 7.89. The Bertz CT molecular complexity index is 867. The van der Waals surface area contributed by atoms with Crippen LogP contribution < -0.4 is 14.8 Å². The molecule has 3 fully saturated rings. The molecule has 7 heteroatoms. The van der Waals surface area contributed by atoms with Crippen LogP contribution in [0.5, 0.6) is 5.75 Å². The first-order valence-corrected chi connectivity index (χ1v) is 11.8. The number of ether oxygens (including phenoxy) is 1. The van der Waals surface area contributed by atoms with E-state index in [1.807, 2.05) is 0 Å². The normalized spacial score (nSPS) is 31.2. The summed E-state index contributed by atoms with van der Waals surface area (Å²) in [6.45, 7) is 3.51. The maximum Gasteiger partial charge on any atom is 0.251 e. The molecule has 3 saturated carbocycles. The maximum atomic E-state index is 12.9. The van der Waals surface area contributed by atoms with Crippen molar-refractivity contribution in [1.29, 1.82) is 0 Å². The van der Waals surface area contributed by atoms with Gasteiger partial charge in [-0.25, -0.2) is 13.1 Å². The minimum Gasteiger partial charge on any atom is -0.495 e. The summed E-state index contributed by atoms with van der Waals surface area (Å²) in [5, 5.41) is 3.20. The van der Waals surface area contributed by atoms with Gasteiger partial charge in [0.25, 0.3) is 5.91 Å². The molecule has 2 bridgehead atoms. The first-order chi connectivity index (χ1) is 13.3. The summed E-state index contributed by atoms with van der Waals surface area (Å²) < 4.78 is 33.1. The van der Waals surface area contributed by atoms with Gasteiger partial charge < -0.3 is 10.1 Å². The van der Waals surface area contributed by atoms with Crippen LogP contribution in [-0.4, -0.2) is 33.5 Å². The van der Waals surface area contributed by atoms with Gasteiger partial charge in [0.1, 0.15) is 10.6 Å². The standard InChI is InChI=1S/C21H30N2O4S/c1-12(2)23-28(25,26)20-11-13(7-8-19(20)27-3)21(24)22-18-10-14-9-17(18)16-6-4-5-15(14)16/h7-8,11-12,14-18,23H,4-6,9-10H2,1-3H3,(H,22,24)/t14-,15-,16-,17+,18-/m1/s1. The fourth-order valence-corrected chi connectivity index (χ4v) is 7.33. The Morgan fingerprint density at radius 1 is 1.14 bits per heavy atom. The minimum atomic E-state index is -3.76. The van der Waals surface area contributed by atoms with Crippen molar-refractivity contribution in [2.75, 3.05) is 7.11 Å². The number of carbonyl (C=O) groups excluding carboxylic acids is 1. The van der Waals surface area contributed by atoms with E-state index in [0.29, 0.717) is 11.5 Å². The van der Waals surface area contributed by atoms with Crippen LogP contribution in [0.3, 0.4) is 0 Å². The average molecular weight is 407 g/mol. The van der Waals surface area contributed by atoms with Crippen molar-refractivity contribution >= 4 is 15.9 Å². The second-order valence-corrected chi connectivity index (χ2v) is 10.6.